The van der Waals surface area contributed by atoms with Crippen LogP contribution >= 0.6 is 0 Å². The first-order valence-electron chi connectivity index (χ1n) is 4.37. The molecule has 4 nitrogen and oxygen atoms in total. The topological polar surface area (TPSA) is 50.4 Å². The summed E-state index contributed by atoms with van der Waals surface area (Å²) in [6.45, 7) is 0.0302. The minimum Gasteiger partial charge on any atom is -0.406 e. The average molecular weight is 232 g/mol. The Hall–Kier alpha value is -1.92. The molecule has 1 aliphatic heterocycles. The fourth-order valence-electron chi connectivity index (χ4n) is 1.35. The molecule has 0 saturated carbocycles. The van der Waals surface area contributed by atoms with Gasteiger partial charge in [0.1, 0.15) is 5.75 Å². The van der Waals surface area contributed by atoms with Gasteiger partial charge in [0.25, 0.3) is 0 Å². The van der Waals surface area contributed by atoms with Gasteiger partial charge in [0.05, 0.1) is 17.9 Å². The molecule has 86 valence electrons. The molecule has 0 aliphatic carbocycles. The largest absolute Gasteiger partial charge is 0.573 e. The van der Waals surface area contributed by atoms with Crippen molar-refractivity contribution in [3.05, 3.63) is 18.2 Å². The van der Waals surface area contributed by atoms with Crippen LogP contribution in [0.15, 0.2) is 18.2 Å². The molecule has 0 aromatic heterocycles. The van der Waals surface area contributed by atoms with Gasteiger partial charge in [-0.05, 0) is 12.1 Å². The predicted molar refractivity (Wildman–Crippen MR) is 50.2 cm³/mol. The van der Waals surface area contributed by atoms with Gasteiger partial charge in [0.2, 0.25) is 5.91 Å². The molecule has 0 radical (unpaired) electrons. The van der Waals surface area contributed by atoms with Gasteiger partial charge in [-0.3, -0.25) is 4.79 Å². The zero-order chi connectivity index (χ0) is 11.8. The van der Waals surface area contributed by atoms with Gasteiger partial charge in [-0.2, -0.15) is 0 Å². The molecule has 0 bridgehead atoms. The SMILES string of the molecule is O=C1CNc2cc(OC(F)(F)F)ccc2N1. The zero-order valence-electron chi connectivity index (χ0n) is 7.89. The number of hydrogen-bond acceptors (Lipinski definition) is 3. The third-order valence-corrected chi connectivity index (χ3v) is 1.94. The van der Waals surface area contributed by atoms with Crippen LogP contribution in [-0.2, 0) is 4.79 Å². The van der Waals surface area contributed by atoms with E-state index < -0.39 is 6.36 Å². The van der Waals surface area contributed by atoms with Crippen molar-refractivity contribution >= 4 is 17.3 Å². The van der Waals surface area contributed by atoms with Gasteiger partial charge in [-0.15, -0.1) is 13.2 Å². The third-order valence-electron chi connectivity index (χ3n) is 1.94. The number of fused-ring (bicyclic) bond motifs is 1. The molecule has 1 aliphatic rings. The molecule has 2 rings (SSSR count). The molecule has 0 spiro atoms. The maximum Gasteiger partial charge on any atom is 0.573 e. The Labute approximate surface area is 88.4 Å². The molecule has 2 N–H and O–H groups in total. The van der Waals surface area contributed by atoms with Crippen molar-refractivity contribution in [1.82, 2.24) is 0 Å². The number of anilines is 2. The van der Waals surface area contributed by atoms with E-state index in [1.807, 2.05) is 0 Å². The van der Waals surface area contributed by atoms with Crippen LogP contribution < -0.4 is 15.4 Å². The second kappa shape index (κ2) is 3.58. The number of halogens is 3. The smallest absolute Gasteiger partial charge is 0.406 e. The second-order valence-electron chi connectivity index (χ2n) is 3.16. The lowest BCUT2D eigenvalue weighted by molar-refractivity contribution is -0.274. The first kappa shape index (κ1) is 10.6. The predicted octanol–water partition coefficient (Wildman–Crippen LogP) is 1.95. The Balaban J connectivity index is 2.23. The van der Waals surface area contributed by atoms with E-state index in [0.717, 1.165) is 6.07 Å². The summed E-state index contributed by atoms with van der Waals surface area (Å²) in [5, 5.41) is 5.19. The fraction of sp³-hybridized carbons (Fsp3) is 0.222. The molecule has 1 amide bonds. The summed E-state index contributed by atoms with van der Waals surface area (Å²) in [7, 11) is 0. The van der Waals surface area contributed by atoms with E-state index in [0.29, 0.717) is 11.4 Å². The number of nitrogens with one attached hydrogen (secondary N) is 2. The highest BCUT2D eigenvalue weighted by molar-refractivity contribution is 6.00. The van der Waals surface area contributed by atoms with Crippen LogP contribution in [-0.4, -0.2) is 18.8 Å². The molecule has 0 saturated heterocycles. The van der Waals surface area contributed by atoms with Crippen LogP contribution in [0.25, 0.3) is 0 Å². The highest BCUT2D eigenvalue weighted by Gasteiger charge is 2.31. The third kappa shape index (κ3) is 2.36. The maximum absolute atomic E-state index is 11.9. The number of rotatable bonds is 1. The van der Waals surface area contributed by atoms with E-state index in [1.54, 1.807) is 0 Å². The van der Waals surface area contributed by atoms with Crippen molar-refractivity contribution in [1.29, 1.82) is 0 Å². The van der Waals surface area contributed by atoms with E-state index in [2.05, 4.69) is 15.4 Å². The van der Waals surface area contributed by atoms with Gasteiger partial charge >= 0.3 is 6.36 Å². The summed E-state index contributed by atoms with van der Waals surface area (Å²) >= 11 is 0. The Bertz CT molecular complexity index is 431. The minimum absolute atomic E-state index is 0.0302. The lowest BCUT2D eigenvalue weighted by Crippen LogP contribution is -2.27. The van der Waals surface area contributed by atoms with Gasteiger partial charge < -0.3 is 15.4 Å². The number of hydrogen-bond donors (Lipinski definition) is 2. The van der Waals surface area contributed by atoms with Crippen molar-refractivity contribution < 1.29 is 22.7 Å². The second-order valence-corrected chi connectivity index (χ2v) is 3.16. The Morgan fingerprint density at radius 2 is 2.00 bits per heavy atom. The molecule has 7 heteroatoms. The van der Waals surface area contributed by atoms with E-state index in [9.17, 15) is 18.0 Å². The standard InChI is InChI=1S/C9H7F3N2O2/c10-9(11,12)16-5-1-2-6-7(3-5)13-4-8(15)14-6/h1-3,13H,4H2,(H,14,15). The fourth-order valence-corrected chi connectivity index (χ4v) is 1.35. The summed E-state index contributed by atoms with van der Waals surface area (Å²) in [6, 6.07) is 3.67. The monoisotopic (exact) mass is 232 g/mol. The van der Waals surface area contributed by atoms with Crippen LogP contribution in [0.2, 0.25) is 0 Å². The van der Waals surface area contributed by atoms with Crippen molar-refractivity contribution in [2.24, 2.45) is 0 Å². The average Bonchev–Trinajstić information content (AvgIpc) is 2.16. The summed E-state index contributed by atoms with van der Waals surface area (Å²) in [5.74, 6) is -0.563. The molecule has 1 heterocycles. The van der Waals surface area contributed by atoms with Gasteiger partial charge in [-0.25, -0.2) is 0 Å². The molecule has 0 atom stereocenters. The first-order chi connectivity index (χ1) is 7.44. The van der Waals surface area contributed by atoms with Gasteiger partial charge in [0, 0.05) is 6.07 Å². The summed E-state index contributed by atoms with van der Waals surface area (Å²) in [5.41, 5.74) is 0.840. The van der Waals surface area contributed by atoms with Crippen molar-refractivity contribution in [2.45, 2.75) is 6.36 Å². The van der Waals surface area contributed by atoms with Crippen molar-refractivity contribution in [3.63, 3.8) is 0 Å². The van der Waals surface area contributed by atoms with Crippen LogP contribution in [0.3, 0.4) is 0 Å². The molecule has 16 heavy (non-hydrogen) atoms. The summed E-state index contributed by atoms with van der Waals surface area (Å²) < 4.78 is 39.5. The molecule has 0 unspecified atom stereocenters. The number of alkyl halides is 3. The normalized spacial score (nSPS) is 14.8. The van der Waals surface area contributed by atoms with Crippen LogP contribution in [0.5, 0.6) is 5.75 Å². The van der Waals surface area contributed by atoms with E-state index >= 15 is 0 Å². The van der Waals surface area contributed by atoms with Crippen molar-refractivity contribution in [2.75, 3.05) is 17.2 Å². The lowest BCUT2D eigenvalue weighted by Gasteiger charge is -2.19. The Morgan fingerprint density at radius 3 is 2.69 bits per heavy atom. The summed E-state index contributed by atoms with van der Waals surface area (Å²) in [4.78, 5) is 11.0. The number of carbonyl (C=O) groups is 1. The van der Waals surface area contributed by atoms with Crippen molar-refractivity contribution in [3.8, 4) is 5.75 Å². The number of amides is 1. The van der Waals surface area contributed by atoms with E-state index in [1.165, 1.54) is 12.1 Å². The molecular weight excluding hydrogens is 225 g/mol. The van der Waals surface area contributed by atoms with Crippen LogP contribution in [0.4, 0.5) is 24.5 Å². The van der Waals surface area contributed by atoms with Gasteiger partial charge in [0.15, 0.2) is 0 Å². The zero-order valence-corrected chi connectivity index (χ0v) is 7.89. The molecular formula is C9H7F3N2O2. The first-order valence-corrected chi connectivity index (χ1v) is 4.37. The number of carbonyl (C=O) groups excluding carboxylic acids is 1. The number of benzene rings is 1. The molecule has 0 fully saturated rings. The minimum atomic E-state index is -4.72. The lowest BCUT2D eigenvalue weighted by atomic mass is 10.2. The number of ether oxygens (including phenoxy) is 1. The summed E-state index contributed by atoms with van der Waals surface area (Å²) in [6.07, 6.45) is -4.72. The van der Waals surface area contributed by atoms with E-state index in [-0.39, 0.29) is 18.2 Å². The van der Waals surface area contributed by atoms with E-state index in [4.69, 9.17) is 0 Å². The Morgan fingerprint density at radius 1 is 1.25 bits per heavy atom. The molecule has 1 aromatic carbocycles. The Kier molecular flexibility index (Phi) is 2.37. The quantitative estimate of drug-likeness (QED) is 0.778. The van der Waals surface area contributed by atoms with Crippen LogP contribution in [0, 0.1) is 0 Å². The maximum atomic E-state index is 11.9. The van der Waals surface area contributed by atoms with Gasteiger partial charge in [-0.1, -0.05) is 0 Å². The highest BCUT2D eigenvalue weighted by Crippen LogP contribution is 2.31. The highest BCUT2D eigenvalue weighted by atomic mass is 19.4. The van der Waals surface area contributed by atoms with Crippen LogP contribution in [0.1, 0.15) is 0 Å². The molecule has 1 aromatic rings.